The molecule has 2 aromatic rings. The summed E-state index contributed by atoms with van der Waals surface area (Å²) in [4.78, 5) is 21.7. The van der Waals surface area contributed by atoms with Crippen molar-refractivity contribution in [3.8, 4) is 5.75 Å². The van der Waals surface area contributed by atoms with Crippen LogP contribution in [0.4, 0.5) is 0 Å². The molecule has 0 saturated carbocycles. The number of nitrogens with zero attached hydrogens (tertiary/aromatic N) is 3. The van der Waals surface area contributed by atoms with Crippen LogP contribution in [-0.4, -0.2) is 72.6 Å². The molecule has 0 bridgehead atoms. The second kappa shape index (κ2) is 13.9. The molecule has 1 fully saturated rings. The van der Waals surface area contributed by atoms with E-state index >= 15 is 0 Å². The molecule has 2 aromatic carbocycles. The summed E-state index contributed by atoms with van der Waals surface area (Å²) in [6, 6.07) is 17.0. The number of guanidine groups is 1. The van der Waals surface area contributed by atoms with Crippen LogP contribution in [-0.2, 0) is 6.54 Å². The molecule has 0 aromatic heterocycles. The lowest BCUT2D eigenvalue weighted by Gasteiger charge is -2.36. The lowest BCUT2D eigenvalue weighted by Crippen LogP contribution is -2.52. The van der Waals surface area contributed by atoms with Gasteiger partial charge in [0.15, 0.2) is 5.96 Å². The van der Waals surface area contributed by atoms with Crippen LogP contribution >= 0.6 is 24.0 Å². The number of aliphatic imine (C=N–C) groups is 1. The van der Waals surface area contributed by atoms with E-state index in [4.69, 9.17) is 4.99 Å². The van der Waals surface area contributed by atoms with Crippen LogP contribution in [0.15, 0.2) is 59.6 Å². The highest BCUT2D eigenvalue weighted by molar-refractivity contribution is 14.0. The fourth-order valence-corrected chi connectivity index (χ4v) is 3.60. The van der Waals surface area contributed by atoms with E-state index in [0.29, 0.717) is 18.7 Å². The quantitative estimate of drug-likeness (QED) is 0.204. The van der Waals surface area contributed by atoms with Gasteiger partial charge in [0.2, 0.25) is 0 Å². The number of rotatable bonds is 8. The molecule has 3 rings (SSSR count). The van der Waals surface area contributed by atoms with Crippen molar-refractivity contribution in [2.75, 3.05) is 45.8 Å². The summed E-state index contributed by atoms with van der Waals surface area (Å²) in [5, 5.41) is 15.8. The highest BCUT2D eigenvalue weighted by atomic mass is 127. The smallest absolute Gasteiger partial charge is 0.251 e. The van der Waals surface area contributed by atoms with E-state index in [-0.39, 0.29) is 35.6 Å². The molecule has 1 saturated heterocycles. The third-order valence-corrected chi connectivity index (χ3v) is 5.25. The molecule has 32 heavy (non-hydrogen) atoms. The average Bonchev–Trinajstić information content (AvgIpc) is 2.79. The molecule has 1 amide bonds. The third kappa shape index (κ3) is 8.31. The molecule has 0 unspecified atom stereocenters. The molecule has 174 valence electrons. The molecule has 1 aliphatic heterocycles. The van der Waals surface area contributed by atoms with Crippen LogP contribution in [0.5, 0.6) is 5.75 Å². The highest BCUT2D eigenvalue weighted by Gasteiger charge is 2.19. The molecule has 3 N–H and O–H groups in total. The van der Waals surface area contributed by atoms with Gasteiger partial charge < -0.3 is 20.6 Å². The second-order valence-electron chi connectivity index (χ2n) is 7.64. The number of halogens is 1. The maximum atomic E-state index is 12.1. The lowest BCUT2D eigenvalue weighted by atomic mass is 10.2. The molecule has 1 aliphatic rings. The number of phenols is 1. The van der Waals surface area contributed by atoms with Gasteiger partial charge in [-0.1, -0.05) is 36.4 Å². The summed E-state index contributed by atoms with van der Waals surface area (Å²) < 4.78 is 0. The van der Waals surface area contributed by atoms with Crippen LogP contribution in [0.2, 0.25) is 0 Å². The third-order valence-electron chi connectivity index (χ3n) is 5.25. The number of benzene rings is 2. The zero-order valence-electron chi connectivity index (χ0n) is 18.7. The number of hydrogen-bond donors (Lipinski definition) is 3. The topological polar surface area (TPSA) is 80.2 Å². The molecule has 7 nitrogen and oxygen atoms in total. The predicted molar refractivity (Wildman–Crippen MR) is 140 cm³/mol. The summed E-state index contributed by atoms with van der Waals surface area (Å²) in [7, 11) is 0. The number of hydrogen-bond acceptors (Lipinski definition) is 4. The molecular formula is C24H34IN5O2. The van der Waals surface area contributed by atoms with Gasteiger partial charge >= 0.3 is 0 Å². The Hall–Kier alpha value is -2.33. The van der Waals surface area contributed by atoms with Gasteiger partial charge in [0, 0.05) is 57.9 Å². The maximum absolute atomic E-state index is 12.1. The Bertz CT molecular complexity index is 854. The highest BCUT2D eigenvalue weighted by Crippen LogP contribution is 2.11. The first-order valence-electron chi connectivity index (χ1n) is 11.0. The van der Waals surface area contributed by atoms with Crippen LogP contribution < -0.4 is 10.6 Å². The Kier molecular flexibility index (Phi) is 11.3. The Labute approximate surface area is 207 Å². The first-order valence-corrected chi connectivity index (χ1v) is 11.0. The Morgan fingerprint density at radius 3 is 2.47 bits per heavy atom. The number of aromatic hydroxyl groups is 1. The van der Waals surface area contributed by atoms with Gasteiger partial charge in [0.1, 0.15) is 5.75 Å². The van der Waals surface area contributed by atoms with Crippen molar-refractivity contribution in [2.24, 2.45) is 4.99 Å². The van der Waals surface area contributed by atoms with Gasteiger partial charge in [-0.15, -0.1) is 24.0 Å². The second-order valence-corrected chi connectivity index (χ2v) is 7.64. The molecule has 0 aliphatic carbocycles. The molecule has 1 heterocycles. The Morgan fingerprint density at radius 2 is 1.78 bits per heavy atom. The summed E-state index contributed by atoms with van der Waals surface area (Å²) in [5.41, 5.74) is 1.81. The number of phenolic OH excluding ortho intramolecular Hbond substituents is 1. The standard InChI is InChI=1S/C24H33N5O2.HI/c1-2-25-24(27-13-7-12-26-23(31)21-10-6-11-22(30)18-21)29-16-14-28(15-17-29)19-20-8-4-3-5-9-20;/h3-6,8-11,18,30H,2,7,12-17,19H2,1H3,(H,25,27)(H,26,31);1H. The van der Waals surface area contributed by atoms with Gasteiger partial charge in [-0.25, -0.2) is 0 Å². The summed E-state index contributed by atoms with van der Waals surface area (Å²) in [6.07, 6.45) is 0.757. The summed E-state index contributed by atoms with van der Waals surface area (Å²) in [5.74, 6) is 0.860. The van der Waals surface area contributed by atoms with Gasteiger partial charge in [0.25, 0.3) is 5.91 Å². The van der Waals surface area contributed by atoms with Crippen LogP contribution in [0.3, 0.4) is 0 Å². The summed E-state index contributed by atoms with van der Waals surface area (Å²) >= 11 is 0. The van der Waals surface area contributed by atoms with Gasteiger partial charge in [-0.2, -0.15) is 0 Å². The zero-order valence-corrected chi connectivity index (χ0v) is 21.0. The average molecular weight is 551 g/mol. The first-order chi connectivity index (χ1) is 15.2. The van der Waals surface area contributed by atoms with Crippen molar-refractivity contribution in [3.05, 3.63) is 65.7 Å². The fraction of sp³-hybridized carbons (Fsp3) is 0.417. The van der Waals surface area contributed by atoms with Crippen molar-refractivity contribution < 1.29 is 9.90 Å². The molecule has 0 atom stereocenters. The van der Waals surface area contributed by atoms with Gasteiger partial charge in [0.05, 0.1) is 0 Å². The minimum absolute atomic E-state index is 0. The number of nitrogens with one attached hydrogen (secondary N) is 2. The van der Waals surface area contributed by atoms with E-state index in [9.17, 15) is 9.90 Å². The molecule has 0 radical (unpaired) electrons. The predicted octanol–water partition coefficient (Wildman–Crippen LogP) is 2.91. The largest absolute Gasteiger partial charge is 0.508 e. The molecule has 0 spiro atoms. The van der Waals surface area contributed by atoms with Crippen molar-refractivity contribution >= 4 is 35.8 Å². The van der Waals surface area contributed by atoms with Crippen molar-refractivity contribution in [3.63, 3.8) is 0 Å². The van der Waals surface area contributed by atoms with Gasteiger partial charge in [-0.05, 0) is 37.1 Å². The number of carbonyl (C=O) groups excluding carboxylic acids is 1. The Balaban J connectivity index is 0.00000363. The number of amides is 1. The molecule has 8 heteroatoms. The zero-order chi connectivity index (χ0) is 21.9. The van der Waals surface area contributed by atoms with E-state index in [1.54, 1.807) is 18.2 Å². The lowest BCUT2D eigenvalue weighted by molar-refractivity contribution is 0.0953. The maximum Gasteiger partial charge on any atom is 0.251 e. The minimum Gasteiger partial charge on any atom is -0.508 e. The van der Waals surface area contributed by atoms with Crippen LogP contribution in [0, 0.1) is 0 Å². The minimum atomic E-state index is -0.179. The van der Waals surface area contributed by atoms with Crippen LogP contribution in [0.25, 0.3) is 0 Å². The van der Waals surface area contributed by atoms with E-state index in [1.807, 2.05) is 0 Å². The first kappa shape index (κ1) is 25.9. The van der Waals surface area contributed by atoms with E-state index in [1.165, 1.54) is 11.6 Å². The number of piperazine rings is 1. The number of carbonyl (C=O) groups is 1. The normalized spacial score (nSPS) is 14.5. The van der Waals surface area contributed by atoms with Crippen molar-refractivity contribution in [1.29, 1.82) is 0 Å². The van der Waals surface area contributed by atoms with Crippen molar-refractivity contribution in [1.82, 2.24) is 20.4 Å². The Morgan fingerprint density at radius 1 is 1.03 bits per heavy atom. The van der Waals surface area contributed by atoms with Gasteiger partial charge in [-0.3, -0.25) is 14.7 Å². The van der Waals surface area contributed by atoms with E-state index in [0.717, 1.165) is 51.6 Å². The monoisotopic (exact) mass is 551 g/mol. The SMILES string of the molecule is CCNC(=NCCCNC(=O)c1cccc(O)c1)N1CCN(Cc2ccccc2)CC1.I. The van der Waals surface area contributed by atoms with Crippen molar-refractivity contribution in [2.45, 2.75) is 19.9 Å². The van der Waals surface area contributed by atoms with Crippen LogP contribution in [0.1, 0.15) is 29.3 Å². The summed E-state index contributed by atoms with van der Waals surface area (Å²) in [6.45, 7) is 9.02. The van der Waals surface area contributed by atoms with E-state index in [2.05, 4.69) is 57.7 Å². The molecular weight excluding hydrogens is 517 g/mol. The van der Waals surface area contributed by atoms with E-state index < -0.39 is 0 Å². The fourth-order valence-electron chi connectivity index (χ4n) is 3.60.